The maximum Gasteiger partial charge on any atom is 0.0726 e. The molecule has 0 atom stereocenters. The Kier molecular flexibility index (Phi) is 16.4. The van der Waals surface area contributed by atoms with Gasteiger partial charge in [-0.1, -0.05) is 309 Å². The van der Waals surface area contributed by atoms with E-state index in [-0.39, 0.29) is 5.41 Å². The predicted molar refractivity (Wildman–Crippen MR) is 483 cm³/mol. The zero-order chi connectivity index (χ0) is 76.0. The molecule has 6 nitrogen and oxygen atoms in total. The van der Waals surface area contributed by atoms with E-state index in [1.165, 1.54) is 177 Å². The van der Waals surface area contributed by atoms with Gasteiger partial charge in [-0.3, -0.25) is 0 Å². The lowest BCUT2D eigenvalue weighted by atomic mass is 9.70. The highest BCUT2D eigenvalue weighted by Crippen LogP contribution is 2.63. The normalized spacial score (nSPS) is 12.2. The van der Waals surface area contributed by atoms with Crippen LogP contribution in [-0.4, -0.2) is 34.8 Å². The van der Waals surface area contributed by atoms with Gasteiger partial charge in [-0.25, -0.2) is 0 Å². The fraction of sp³-hybridized carbons (Fsp3) is 0.0370. The van der Waals surface area contributed by atoms with Crippen molar-refractivity contribution in [1.82, 2.24) is 13.7 Å². The van der Waals surface area contributed by atoms with Crippen LogP contribution < -0.4 is 14.7 Å². The average Bonchev–Trinajstić information content (AvgIpc) is 1.51. The number of aromatic nitrogens is 3. The van der Waals surface area contributed by atoms with Crippen LogP contribution in [0.1, 0.15) is 22.3 Å². The summed E-state index contributed by atoms with van der Waals surface area (Å²) in [6.07, 6.45) is 0. The molecule has 0 amide bonds. The molecule has 2 aliphatic rings. The molecule has 0 fully saturated rings. The fourth-order valence-electron chi connectivity index (χ4n) is 18.9. The van der Waals surface area contributed by atoms with E-state index in [0.717, 1.165) is 17.1 Å². The third-order valence-corrected chi connectivity index (χ3v) is 24.1. The summed E-state index contributed by atoms with van der Waals surface area (Å²) in [5.41, 5.74) is 30.8. The van der Waals surface area contributed by atoms with Crippen LogP contribution >= 0.6 is 0 Å². The molecule has 0 bridgehead atoms. The lowest BCUT2D eigenvalue weighted by molar-refractivity contribution is 0.793. The lowest BCUT2D eigenvalue weighted by Crippen LogP contribution is -2.26. The molecule has 540 valence electrons. The van der Waals surface area contributed by atoms with Crippen molar-refractivity contribution in [2.24, 2.45) is 0 Å². The molecule has 3 heterocycles. The monoisotopic (exact) mass is 1460 g/mol. The summed E-state index contributed by atoms with van der Waals surface area (Å²) in [6, 6.07) is 151. The first-order valence-corrected chi connectivity index (χ1v) is 39.3. The van der Waals surface area contributed by atoms with Gasteiger partial charge in [0.15, 0.2) is 0 Å². The van der Waals surface area contributed by atoms with Crippen LogP contribution in [0.4, 0.5) is 34.1 Å². The van der Waals surface area contributed by atoms with Gasteiger partial charge in [0, 0.05) is 103 Å². The molecular formula is C108H78N6. The van der Waals surface area contributed by atoms with Crippen molar-refractivity contribution in [3.8, 4) is 50.4 Å². The molecule has 0 N–H and O–H groups in total. The van der Waals surface area contributed by atoms with Crippen molar-refractivity contribution in [3.05, 3.63) is 441 Å². The van der Waals surface area contributed by atoms with Crippen molar-refractivity contribution in [1.29, 1.82) is 0 Å². The standard InChI is InChI=1S/C44H30N2.C35H26N2.C29H22N2/c1-45(42-24-12-13-25-43(42)46-40-22-10-5-17-34(40)35-18-6-11-23-41(35)46)29-26-27-33-32-16-4-9-21-38(32)44(39(33)28-29)36-19-7-2-14-30(36)31-15-3-8-20-37(31)44;1-36(27-21-19-26(20-22-27)25-11-3-2-4-12-25)32-23-24-35(29-14-6-5-13-28(29)32)37-33-17-9-7-15-30(33)31-16-8-10-18-34(31)37;1-30(21-11-3-2-4-12-21)26-19-20-29(23-14-6-5-13-22(23)26)31-27-17-9-7-15-24(27)25-16-8-10-18-28(25)31/h2-28H,1H3;2-24H,1H3;2-20H,1H3. The minimum atomic E-state index is -0.359. The first kappa shape index (κ1) is 67.4. The second-order valence-electron chi connectivity index (χ2n) is 29.9. The van der Waals surface area contributed by atoms with Crippen LogP contribution in [-0.2, 0) is 5.41 Å². The highest BCUT2D eigenvalue weighted by molar-refractivity contribution is 6.14. The number of fused-ring (bicyclic) bond motifs is 21. The van der Waals surface area contributed by atoms with Gasteiger partial charge >= 0.3 is 0 Å². The summed E-state index contributed by atoms with van der Waals surface area (Å²) in [7, 11) is 6.50. The van der Waals surface area contributed by atoms with Gasteiger partial charge in [-0.15, -0.1) is 0 Å². The number of hydrogen-bond acceptors (Lipinski definition) is 3. The number of para-hydroxylation sites is 9. The second kappa shape index (κ2) is 27.7. The van der Waals surface area contributed by atoms with Crippen LogP contribution in [0.15, 0.2) is 419 Å². The van der Waals surface area contributed by atoms with Crippen molar-refractivity contribution in [3.63, 3.8) is 0 Å². The maximum absolute atomic E-state index is 2.46. The Hall–Kier alpha value is -14.7. The number of benzene rings is 18. The average molecular weight is 1460 g/mol. The molecule has 2 aliphatic carbocycles. The van der Waals surface area contributed by atoms with E-state index >= 15 is 0 Å². The Morgan fingerprint density at radius 3 is 0.895 bits per heavy atom. The highest BCUT2D eigenvalue weighted by Gasteiger charge is 2.51. The van der Waals surface area contributed by atoms with E-state index in [0.29, 0.717) is 0 Å². The van der Waals surface area contributed by atoms with Gasteiger partial charge in [-0.2, -0.15) is 0 Å². The van der Waals surface area contributed by atoms with Crippen LogP contribution in [0, 0.1) is 0 Å². The van der Waals surface area contributed by atoms with Gasteiger partial charge in [0.25, 0.3) is 0 Å². The largest absolute Gasteiger partial charge is 0.344 e. The van der Waals surface area contributed by atoms with Crippen molar-refractivity contribution < 1.29 is 0 Å². The molecular weight excluding hydrogens is 1380 g/mol. The number of nitrogens with zero attached hydrogens (tertiary/aromatic N) is 6. The Balaban J connectivity index is 0.000000110. The van der Waals surface area contributed by atoms with Crippen LogP contribution in [0.25, 0.3) is 137 Å². The Labute approximate surface area is 663 Å². The van der Waals surface area contributed by atoms with Crippen LogP contribution in [0.5, 0.6) is 0 Å². The zero-order valence-corrected chi connectivity index (χ0v) is 63.5. The summed E-state index contributed by atoms with van der Waals surface area (Å²) < 4.78 is 7.23. The molecule has 0 radical (unpaired) electrons. The van der Waals surface area contributed by atoms with Crippen molar-refractivity contribution in [2.75, 3.05) is 35.8 Å². The van der Waals surface area contributed by atoms with Gasteiger partial charge in [-0.05, 0) is 165 Å². The quantitative estimate of drug-likeness (QED) is 0.136. The van der Waals surface area contributed by atoms with E-state index in [2.05, 4.69) is 468 Å². The number of rotatable bonds is 10. The zero-order valence-electron chi connectivity index (χ0n) is 63.5. The second-order valence-corrected chi connectivity index (χ2v) is 29.9. The molecule has 114 heavy (non-hydrogen) atoms. The van der Waals surface area contributed by atoms with Crippen molar-refractivity contribution >= 4 is 121 Å². The molecule has 18 aromatic carbocycles. The molecule has 0 saturated carbocycles. The molecule has 3 aromatic heterocycles. The van der Waals surface area contributed by atoms with Gasteiger partial charge in [0.05, 0.1) is 61.3 Å². The Morgan fingerprint density at radius 2 is 0.474 bits per heavy atom. The molecule has 0 aliphatic heterocycles. The Bertz CT molecular complexity index is 7080. The molecule has 0 saturated heterocycles. The summed E-state index contributed by atoms with van der Waals surface area (Å²) in [4.78, 5) is 6.91. The molecule has 23 rings (SSSR count). The highest BCUT2D eigenvalue weighted by atomic mass is 15.1. The SMILES string of the molecule is CN(c1ccc(-c2ccccc2)cc1)c1ccc(-n2c3ccccc3c3ccccc32)c2ccccc12.CN(c1ccc2c(c1)C1(c3ccccc3-c3ccccc31)c1ccccc1-2)c1ccccc1-n1c2ccccc2c2ccccc21.CN(c1ccccc1)c1ccc(-n2c3ccccc3c3ccccc32)c2ccccc12. The predicted octanol–water partition coefficient (Wildman–Crippen LogP) is 28.0. The number of hydrogen-bond donors (Lipinski definition) is 0. The number of anilines is 6. The van der Waals surface area contributed by atoms with E-state index in [1.54, 1.807) is 0 Å². The van der Waals surface area contributed by atoms with Crippen LogP contribution in [0.3, 0.4) is 0 Å². The van der Waals surface area contributed by atoms with E-state index in [9.17, 15) is 0 Å². The minimum absolute atomic E-state index is 0.359. The van der Waals surface area contributed by atoms with E-state index < -0.39 is 0 Å². The summed E-state index contributed by atoms with van der Waals surface area (Å²) in [5, 5.41) is 12.6. The Morgan fingerprint density at radius 1 is 0.184 bits per heavy atom. The van der Waals surface area contributed by atoms with Gasteiger partial charge < -0.3 is 28.4 Å². The topological polar surface area (TPSA) is 24.5 Å². The van der Waals surface area contributed by atoms with Crippen LogP contribution in [0.2, 0.25) is 0 Å². The third kappa shape index (κ3) is 10.7. The lowest BCUT2D eigenvalue weighted by Gasteiger charge is -2.31. The molecule has 21 aromatic rings. The van der Waals surface area contributed by atoms with Gasteiger partial charge in [0.2, 0.25) is 0 Å². The summed E-state index contributed by atoms with van der Waals surface area (Å²) in [6.45, 7) is 0. The smallest absolute Gasteiger partial charge is 0.0726 e. The molecule has 0 unspecified atom stereocenters. The summed E-state index contributed by atoms with van der Waals surface area (Å²) >= 11 is 0. The molecule has 6 heteroatoms. The first-order chi connectivity index (χ1) is 56.4. The fourth-order valence-corrected chi connectivity index (χ4v) is 18.9. The van der Waals surface area contributed by atoms with Crippen molar-refractivity contribution in [2.45, 2.75) is 5.41 Å². The summed E-state index contributed by atoms with van der Waals surface area (Å²) in [5.74, 6) is 0. The first-order valence-electron chi connectivity index (χ1n) is 39.3. The minimum Gasteiger partial charge on any atom is -0.344 e. The maximum atomic E-state index is 2.46. The van der Waals surface area contributed by atoms with E-state index in [4.69, 9.17) is 0 Å². The third-order valence-electron chi connectivity index (χ3n) is 24.1. The van der Waals surface area contributed by atoms with Gasteiger partial charge in [0.1, 0.15) is 0 Å². The molecule has 1 spiro atoms. The van der Waals surface area contributed by atoms with E-state index in [1.807, 2.05) is 0 Å².